The molecule has 0 amide bonds. The van der Waals surface area contributed by atoms with Crippen LogP contribution in [0.5, 0.6) is 5.75 Å². The van der Waals surface area contributed by atoms with Gasteiger partial charge >= 0.3 is 0 Å². The van der Waals surface area contributed by atoms with E-state index in [-0.39, 0.29) is 8.58 Å². The lowest BCUT2D eigenvalue weighted by atomic mass is 9.89. The second kappa shape index (κ2) is 12.8. The van der Waals surface area contributed by atoms with Gasteiger partial charge in [0.25, 0.3) is 0 Å². The molecule has 3 atom stereocenters. The fourth-order valence-corrected chi connectivity index (χ4v) is 6.40. The molecule has 0 N–H and O–H groups in total. The molecule has 192 valence electrons. The molecule has 3 unspecified atom stereocenters. The van der Waals surface area contributed by atoms with Gasteiger partial charge in [0.05, 0.1) is 0 Å². The molecule has 38 heavy (non-hydrogen) atoms. The van der Waals surface area contributed by atoms with Crippen molar-refractivity contribution in [2.24, 2.45) is 11.8 Å². The summed E-state index contributed by atoms with van der Waals surface area (Å²) in [4.78, 5) is 11.8. The van der Waals surface area contributed by atoms with E-state index >= 15 is 0 Å². The zero-order valence-electron chi connectivity index (χ0n) is 21.4. The summed E-state index contributed by atoms with van der Waals surface area (Å²) in [6, 6.07) is 19.2. The van der Waals surface area contributed by atoms with Gasteiger partial charge in [0.1, 0.15) is 18.2 Å². The highest BCUT2D eigenvalue weighted by Crippen LogP contribution is 2.32. The number of carbonyl (C=O) groups excluding carboxylic acids is 1. The number of benzene rings is 3. The second-order valence-electron chi connectivity index (χ2n) is 9.91. The van der Waals surface area contributed by atoms with Crippen molar-refractivity contribution >= 4 is 25.5 Å². The molecule has 0 bridgehead atoms. The highest BCUT2D eigenvalue weighted by Gasteiger charge is 2.19. The lowest BCUT2D eigenvalue weighted by Gasteiger charge is -2.22. The van der Waals surface area contributed by atoms with Crippen molar-refractivity contribution in [3.63, 3.8) is 0 Å². The monoisotopic (exact) mass is 522 g/mol. The maximum absolute atomic E-state index is 13.9. The van der Waals surface area contributed by atoms with Crippen LogP contribution < -0.4 is 15.3 Å². The third-order valence-corrected chi connectivity index (χ3v) is 8.35. The maximum atomic E-state index is 13.9. The number of carbonyl (C=O) groups is 1. The molecule has 0 spiro atoms. The zero-order chi connectivity index (χ0) is 26.2. The Balaban J connectivity index is 1.55. The first-order valence-corrected chi connectivity index (χ1v) is 14.2. The van der Waals surface area contributed by atoms with Gasteiger partial charge in [0.2, 0.25) is 0 Å². The second-order valence-corrected chi connectivity index (χ2v) is 11.2. The lowest BCUT2D eigenvalue weighted by Crippen LogP contribution is -2.17. The summed E-state index contributed by atoms with van der Waals surface area (Å²) in [6.45, 7) is 0.463. The lowest BCUT2D eigenvalue weighted by molar-refractivity contribution is 0.112. The molecule has 0 saturated carbocycles. The van der Waals surface area contributed by atoms with E-state index in [0.717, 1.165) is 53.9 Å². The van der Waals surface area contributed by atoms with Gasteiger partial charge in [-0.05, 0) is 77.7 Å². The molecule has 5 rings (SSSR count). The number of halogens is 1. The van der Waals surface area contributed by atoms with Crippen LogP contribution in [0.2, 0.25) is 0 Å². The first kappa shape index (κ1) is 26.1. The minimum Gasteiger partial charge on any atom is -0.488 e. The summed E-state index contributed by atoms with van der Waals surface area (Å²) in [5.74, 6) is 1.34. The molecule has 0 fully saturated rings. The first-order chi connectivity index (χ1) is 18.7. The zero-order valence-corrected chi connectivity index (χ0v) is 22.4. The standard InChI is InChI=1S/C34H32FO2P/c35-31-16-17-32(30(22-31)23-36)38-33-21-28(18-25-10-4-1-5-11-25)20-29(19-26-12-6-2-7-13-26)34(33)37-24-27-14-8-3-9-15-27/h1-10,12,14-17,20-23,25-26,38H,11,13,18-19,24H2. The number of hydrogen-bond donors (Lipinski definition) is 0. The topological polar surface area (TPSA) is 26.3 Å². The molecule has 3 aromatic rings. The quantitative estimate of drug-likeness (QED) is 0.208. The molecule has 2 aliphatic carbocycles. The molecule has 2 aliphatic rings. The molecular formula is C34H32FO2P. The van der Waals surface area contributed by atoms with Gasteiger partial charge < -0.3 is 4.74 Å². The molecule has 0 radical (unpaired) electrons. The van der Waals surface area contributed by atoms with E-state index in [2.05, 4.69) is 72.9 Å². The Labute approximate surface area is 226 Å². The van der Waals surface area contributed by atoms with Gasteiger partial charge in [-0.2, -0.15) is 0 Å². The predicted molar refractivity (Wildman–Crippen MR) is 157 cm³/mol. The fraction of sp³-hybridized carbons (Fsp3) is 0.206. The maximum Gasteiger partial charge on any atom is 0.150 e. The van der Waals surface area contributed by atoms with Crippen molar-refractivity contribution in [1.29, 1.82) is 0 Å². The number of allylic oxidation sites excluding steroid dienone is 8. The summed E-state index contributed by atoms with van der Waals surface area (Å²) in [5.41, 5.74) is 3.96. The highest BCUT2D eigenvalue weighted by molar-refractivity contribution is 7.56. The van der Waals surface area contributed by atoms with Crippen molar-refractivity contribution in [3.05, 3.63) is 137 Å². The highest BCUT2D eigenvalue weighted by atomic mass is 31.1. The van der Waals surface area contributed by atoms with Crippen LogP contribution in [0.15, 0.2) is 109 Å². The van der Waals surface area contributed by atoms with Gasteiger partial charge in [0.15, 0.2) is 6.29 Å². The van der Waals surface area contributed by atoms with Crippen molar-refractivity contribution in [3.8, 4) is 5.75 Å². The van der Waals surface area contributed by atoms with Gasteiger partial charge in [-0.1, -0.05) is 99.7 Å². The summed E-state index contributed by atoms with van der Waals surface area (Å²) in [5, 5.41) is 1.89. The number of hydrogen-bond acceptors (Lipinski definition) is 2. The fourth-order valence-electron chi connectivity index (χ4n) is 5.06. The average Bonchev–Trinajstić information content (AvgIpc) is 2.95. The third-order valence-electron chi connectivity index (χ3n) is 6.98. The minimum absolute atomic E-state index is 0.175. The normalized spacial score (nSPS) is 18.3. The Kier molecular flexibility index (Phi) is 8.78. The number of rotatable bonds is 10. The van der Waals surface area contributed by atoms with Crippen molar-refractivity contribution in [1.82, 2.24) is 0 Å². The summed E-state index contributed by atoms with van der Waals surface area (Å²) in [7, 11) is 0.175. The molecule has 2 nitrogen and oxygen atoms in total. The van der Waals surface area contributed by atoms with Crippen molar-refractivity contribution < 1.29 is 13.9 Å². The summed E-state index contributed by atoms with van der Waals surface area (Å²) in [6.07, 6.45) is 22.0. The average molecular weight is 523 g/mol. The first-order valence-electron chi connectivity index (χ1n) is 13.2. The van der Waals surface area contributed by atoms with E-state index in [0.29, 0.717) is 24.0 Å². The van der Waals surface area contributed by atoms with Crippen LogP contribution in [0.1, 0.15) is 39.9 Å². The van der Waals surface area contributed by atoms with Crippen molar-refractivity contribution in [2.75, 3.05) is 0 Å². The molecular weight excluding hydrogens is 490 g/mol. The summed E-state index contributed by atoms with van der Waals surface area (Å²) < 4.78 is 20.5. The molecule has 0 aromatic heterocycles. The number of aldehydes is 1. The van der Waals surface area contributed by atoms with E-state index in [1.165, 1.54) is 23.3 Å². The third kappa shape index (κ3) is 6.85. The molecule has 0 aliphatic heterocycles. The van der Waals surface area contributed by atoms with Crippen LogP contribution in [0.25, 0.3) is 0 Å². The van der Waals surface area contributed by atoms with Crippen LogP contribution >= 0.6 is 8.58 Å². The Hall–Kier alpha value is -3.55. The van der Waals surface area contributed by atoms with E-state index < -0.39 is 5.82 Å². The predicted octanol–water partition coefficient (Wildman–Crippen LogP) is 7.20. The molecule has 4 heteroatoms. The van der Waals surface area contributed by atoms with E-state index in [1.807, 2.05) is 18.2 Å². The Bertz CT molecular complexity index is 1390. The van der Waals surface area contributed by atoms with Crippen LogP contribution in [0.3, 0.4) is 0 Å². The van der Waals surface area contributed by atoms with E-state index in [1.54, 1.807) is 6.07 Å². The van der Waals surface area contributed by atoms with Gasteiger partial charge in [-0.25, -0.2) is 4.39 Å². The summed E-state index contributed by atoms with van der Waals surface area (Å²) >= 11 is 0. The number of ether oxygens (including phenoxy) is 1. The van der Waals surface area contributed by atoms with Crippen LogP contribution in [0.4, 0.5) is 4.39 Å². The van der Waals surface area contributed by atoms with E-state index in [4.69, 9.17) is 4.74 Å². The Morgan fingerprint density at radius 3 is 2.24 bits per heavy atom. The smallest absolute Gasteiger partial charge is 0.150 e. The van der Waals surface area contributed by atoms with Crippen molar-refractivity contribution in [2.45, 2.75) is 32.3 Å². The van der Waals surface area contributed by atoms with Gasteiger partial charge in [0, 0.05) is 10.9 Å². The largest absolute Gasteiger partial charge is 0.488 e. The van der Waals surface area contributed by atoms with Crippen LogP contribution in [-0.2, 0) is 19.4 Å². The van der Waals surface area contributed by atoms with Crippen LogP contribution in [-0.4, -0.2) is 6.29 Å². The SMILES string of the molecule is O=Cc1cc(F)ccc1Pc1cc(CC2C=CC=CC2)cc(CC2C=CC=CC2)c1OCc1ccccc1. The van der Waals surface area contributed by atoms with Gasteiger partial charge in [-0.15, -0.1) is 0 Å². The Morgan fingerprint density at radius 2 is 1.55 bits per heavy atom. The molecule has 0 heterocycles. The molecule has 0 saturated heterocycles. The van der Waals surface area contributed by atoms with E-state index in [9.17, 15) is 9.18 Å². The van der Waals surface area contributed by atoms with Gasteiger partial charge in [-0.3, -0.25) is 4.79 Å². The molecule has 3 aromatic carbocycles. The minimum atomic E-state index is -0.398. The van der Waals surface area contributed by atoms with Crippen LogP contribution in [0, 0.1) is 17.7 Å². The Morgan fingerprint density at radius 1 is 0.816 bits per heavy atom.